The van der Waals surface area contributed by atoms with Gasteiger partial charge in [0.25, 0.3) is 5.82 Å². The Hall–Kier alpha value is -3.03. The summed E-state index contributed by atoms with van der Waals surface area (Å²) in [7, 11) is 0. The molecule has 152 valence electrons. The number of rotatable bonds is 3. The maximum Gasteiger partial charge on any atom is 0.419 e. The van der Waals surface area contributed by atoms with Crippen LogP contribution in [0.5, 0.6) is 0 Å². The molecule has 0 saturated carbocycles. The van der Waals surface area contributed by atoms with Gasteiger partial charge in [0.2, 0.25) is 5.91 Å². The molecule has 8 heteroatoms. The van der Waals surface area contributed by atoms with Crippen LogP contribution >= 0.6 is 0 Å². The molecule has 0 aliphatic carbocycles. The first-order valence-electron chi connectivity index (χ1n) is 9.49. The molecule has 5 nitrogen and oxygen atoms in total. The molecule has 3 heterocycles. The van der Waals surface area contributed by atoms with E-state index in [1.165, 1.54) is 6.07 Å². The predicted molar refractivity (Wildman–Crippen MR) is 103 cm³/mol. The summed E-state index contributed by atoms with van der Waals surface area (Å²) in [4.78, 5) is 19.3. The van der Waals surface area contributed by atoms with Crippen molar-refractivity contribution in [2.45, 2.75) is 19.6 Å². The van der Waals surface area contributed by atoms with Crippen LogP contribution in [0.15, 0.2) is 48.7 Å². The van der Waals surface area contributed by atoms with Gasteiger partial charge in [0.1, 0.15) is 25.8 Å². The number of carbonyl (C=O) groups is 1. The van der Waals surface area contributed by atoms with Crippen molar-refractivity contribution in [3.05, 3.63) is 59.9 Å². The van der Waals surface area contributed by atoms with Crippen LogP contribution in [0.2, 0.25) is 0 Å². The van der Waals surface area contributed by atoms with Gasteiger partial charge in [-0.25, -0.2) is 4.98 Å². The van der Waals surface area contributed by atoms with Crippen LogP contribution < -0.4 is 9.88 Å². The van der Waals surface area contributed by atoms with Crippen LogP contribution in [-0.2, 0) is 17.5 Å². The number of aryl methyl sites for hydroxylation is 1. The number of carbonyl (C=O) groups excluding carboxylic acids is 1. The van der Waals surface area contributed by atoms with Crippen LogP contribution in [0, 0.1) is 6.92 Å². The Morgan fingerprint density at radius 3 is 2.45 bits per heavy atom. The Labute approximate surface area is 166 Å². The van der Waals surface area contributed by atoms with Crippen molar-refractivity contribution in [3.63, 3.8) is 0 Å². The molecular formula is C21H22F3N4O+. The summed E-state index contributed by atoms with van der Waals surface area (Å²) in [6.45, 7) is 4.48. The van der Waals surface area contributed by atoms with Crippen molar-refractivity contribution in [1.29, 1.82) is 0 Å². The minimum absolute atomic E-state index is 0.0468. The number of amides is 1. The summed E-state index contributed by atoms with van der Waals surface area (Å²) >= 11 is 0. The van der Waals surface area contributed by atoms with Crippen molar-refractivity contribution < 1.29 is 22.9 Å². The zero-order valence-corrected chi connectivity index (χ0v) is 16.0. The Morgan fingerprint density at radius 2 is 1.79 bits per heavy atom. The first kappa shape index (κ1) is 19.3. The Kier molecular flexibility index (Phi) is 4.94. The number of piperazine rings is 1. The van der Waals surface area contributed by atoms with E-state index in [1.54, 1.807) is 0 Å². The molecule has 1 amide bonds. The van der Waals surface area contributed by atoms with E-state index in [2.05, 4.69) is 11.1 Å². The number of pyridine rings is 1. The van der Waals surface area contributed by atoms with Gasteiger partial charge in [-0.05, 0) is 30.5 Å². The molecule has 1 aliphatic heterocycles. The van der Waals surface area contributed by atoms with Crippen LogP contribution in [0.4, 0.5) is 19.0 Å². The first-order valence-corrected chi connectivity index (χ1v) is 9.49. The molecule has 3 aromatic rings. The third-order valence-electron chi connectivity index (χ3n) is 5.41. The number of nitrogens with zero attached hydrogens (tertiary/aromatic N) is 3. The maximum atomic E-state index is 12.8. The lowest BCUT2D eigenvalue weighted by molar-refractivity contribution is -0.367. The summed E-state index contributed by atoms with van der Waals surface area (Å²) in [6.07, 6.45) is -3.38. The topological polar surface area (TPSA) is 42.6 Å². The number of alkyl halides is 3. The van der Waals surface area contributed by atoms with E-state index in [4.69, 9.17) is 0 Å². The van der Waals surface area contributed by atoms with Crippen molar-refractivity contribution in [3.8, 4) is 0 Å². The van der Waals surface area contributed by atoms with Gasteiger partial charge in [0, 0.05) is 17.3 Å². The quantitative estimate of drug-likeness (QED) is 0.674. The summed E-state index contributed by atoms with van der Waals surface area (Å²) in [5.41, 5.74) is 1.37. The third-order valence-corrected chi connectivity index (χ3v) is 5.41. The zero-order chi connectivity index (χ0) is 20.6. The standard InChI is InChI=1S/C21H21F3N4O/c1-15-12-16-4-2-3-5-18(16)28(15)14-20(29)27-10-8-26(9-11-27)19-7-6-17(13-25-19)21(22,23)24/h2-7,12-13H,8-11,14H2,1H3/p+1. The van der Waals surface area contributed by atoms with Crippen LogP contribution in [0.1, 0.15) is 11.3 Å². The SMILES string of the molecule is Cc1cc2ccccc2n1CC(=O)N1CCN(c2ccc(C(F)(F)F)c[nH+]2)CC1. The van der Waals surface area contributed by atoms with E-state index < -0.39 is 11.7 Å². The molecule has 1 fully saturated rings. The second kappa shape index (κ2) is 7.42. The number of para-hydroxylation sites is 1. The van der Waals surface area contributed by atoms with E-state index >= 15 is 0 Å². The van der Waals surface area contributed by atoms with Gasteiger partial charge in [0.05, 0.1) is 18.7 Å². The molecule has 0 atom stereocenters. The summed E-state index contributed by atoms with van der Waals surface area (Å²) in [5, 5.41) is 1.11. The minimum Gasteiger partial charge on any atom is -0.335 e. The number of aromatic nitrogens is 2. The second-order valence-corrected chi connectivity index (χ2v) is 7.26. The average Bonchev–Trinajstić information content (AvgIpc) is 3.03. The van der Waals surface area contributed by atoms with Gasteiger partial charge < -0.3 is 9.47 Å². The number of hydrogen-bond donors (Lipinski definition) is 0. The molecule has 29 heavy (non-hydrogen) atoms. The van der Waals surface area contributed by atoms with Crippen LogP contribution in [0.3, 0.4) is 0 Å². The van der Waals surface area contributed by atoms with E-state index in [0.717, 1.165) is 28.9 Å². The lowest BCUT2D eigenvalue weighted by atomic mass is 10.2. The van der Waals surface area contributed by atoms with Crippen molar-refractivity contribution in [2.75, 3.05) is 31.1 Å². The summed E-state index contributed by atoms with van der Waals surface area (Å²) < 4.78 is 40.1. The highest BCUT2D eigenvalue weighted by Gasteiger charge is 2.33. The molecule has 1 aromatic carbocycles. The van der Waals surface area contributed by atoms with E-state index in [9.17, 15) is 18.0 Å². The number of fused-ring (bicyclic) bond motifs is 1. The fourth-order valence-corrected chi connectivity index (χ4v) is 3.78. The number of nitrogens with one attached hydrogen (secondary N) is 1. The average molecular weight is 403 g/mol. The molecule has 1 aliphatic rings. The molecular weight excluding hydrogens is 381 g/mol. The van der Waals surface area contributed by atoms with Gasteiger partial charge in [0.15, 0.2) is 0 Å². The number of hydrogen-bond acceptors (Lipinski definition) is 2. The number of halogens is 3. The Morgan fingerprint density at radius 1 is 1.07 bits per heavy atom. The van der Waals surface area contributed by atoms with E-state index in [-0.39, 0.29) is 12.5 Å². The summed E-state index contributed by atoms with van der Waals surface area (Å²) in [5.74, 6) is 0.669. The number of H-pyrrole nitrogens is 1. The number of anilines is 1. The highest BCUT2D eigenvalue weighted by molar-refractivity contribution is 5.84. The van der Waals surface area contributed by atoms with Crippen molar-refractivity contribution in [1.82, 2.24) is 9.47 Å². The fraction of sp³-hybridized carbons (Fsp3) is 0.333. The van der Waals surface area contributed by atoms with Crippen molar-refractivity contribution in [2.24, 2.45) is 0 Å². The first-order chi connectivity index (χ1) is 13.8. The van der Waals surface area contributed by atoms with Crippen LogP contribution in [0.25, 0.3) is 10.9 Å². The summed E-state index contributed by atoms with van der Waals surface area (Å²) in [6, 6.07) is 12.6. The molecule has 1 N–H and O–H groups in total. The Balaban J connectivity index is 1.39. The zero-order valence-electron chi connectivity index (χ0n) is 16.0. The predicted octanol–water partition coefficient (Wildman–Crippen LogP) is 3.13. The molecule has 0 spiro atoms. The lowest BCUT2D eigenvalue weighted by Gasteiger charge is -2.31. The van der Waals surface area contributed by atoms with E-state index in [1.807, 2.05) is 45.6 Å². The molecule has 2 aromatic heterocycles. The van der Waals surface area contributed by atoms with Crippen molar-refractivity contribution >= 4 is 22.6 Å². The monoisotopic (exact) mass is 403 g/mol. The van der Waals surface area contributed by atoms with Crippen LogP contribution in [-0.4, -0.2) is 41.6 Å². The fourth-order valence-electron chi connectivity index (χ4n) is 3.78. The largest absolute Gasteiger partial charge is 0.419 e. The number of aromatic amines is 1. The third kappa shape index (κ3) is 3.92. The Bertz CT molecular complexity index is 1020. The molecule has 0 radical (unpaired) electrons. The van der Waals surface area contributed by atoms with Gasteiger partial charge in [-0.15, -0.1) is 0 Å². The number of benzene rings is 1. The lowest BCUT2D eigenvalue weighted by Crippen LogP contribution is -2.50. The van der Waals surface area contributed by atoms with E-state index in [0.29, 0.717) is 32.0 Å². The smallest absolute Gasteiger partial charge is 0.335 e. The van der Waals surface area contributed by atoms with Gasteiger partial charge in [-0.1, -0.05) is 18.2 Å². The minimum atomic E-state index is -4.36. The molecule has 4 rings (SSSR count). The molecule has 0 unspecified atom stereocenters. The highest BCUT2D eigenvalue weighted by atomic mass is 19.4. The van der Waals surface area contributed by atoms with Gasteiger partial charge in [-0.2, -0.15) is 13.2 Å². The maximum absolute atomic E-state index is 12.8. The molecule has 0 bridgehead atoms. The normalized spacial score (nSPS) is 15.2. The van der Waals surface area contributed by atoms with Gasteiger partial charge in [-0.3, -0.25) is 9.69 Å². The highest BCUT2D eigenvalue weighted by Crippen LogP contribution is 2.28. The second-order valence-electron chi connectivity index (χ2n) is 7.26. The molecule has 1 saturated heterocycles. The van der Waals surface area contributed by atoms with Gasteiger partial charge >= 0.3 is 6.18 Å².